The van der Waals surface area contributed by atoms with E-state index in [4.69, 9.17) is 28.0 Å². The average molecular weight is 765 g/mol. The number of esters is 3. The highest BCUT2D eigenvalue weighted by Gasteiger charge is 2.29. The summed E-state index contributed by atoms with van der Waals surface area (Å²) >= 11 is 0. The molecular formula is C36H65N2O13P. The van der Waals surface area contributed by atoms with E-state index >= 15 is 0 Å². The van der Waals surface area contributed by atoms with Crippen LogP contribution in [0.4, 0.5) is 4.79 Å². The standard InChI is InChI=1S/C36H65N2O13P/c1-3-4-5-6-7-8-9-10-11-12-13-14-34(40)50-32(26-47-36(42)45-2)28-49-52(43,44)48-27-31(51-35(41)20-22-38-24-30-17-18-30)25-46-33(39)19-21-37-23-29-15-16-29/h29-32,37-38H,3-28H2,1-2H3,(H,43,44)/t31?,32-/m1/s1. The van der Waals surface area contributed by atoms with Gasteiger partial charge in [-0.2, -0.15) is 0 Å². The molecule has 0 aliphatic heterocycles. The van der Waals surface area contributed by atoms with Crippen LogP contribution < -0.4 is 10.6 Å². The molecule has 2 fully saturated rings. The van der Waals surface area contributed by atoms with Gasteiger partial charge in [0.2, 0.25) is 0 Å². The fraction of sp³-hybridized carbons (Fsp3) is 0.889. The van der Waals surface area contributed by atoms with Gasteiger partial charge in [0.25, 0.3) is 0 Å². The molecule has 0 heterocycles. The van der Waals surface area contributed by atoms with Crippen molar-refractivity contribution >= 4 is 31.9 Å². The second-order valence-corrected chi connectivity index (χ2v) is 15.3. The Labute approximate surface area is 309 Å². The summed E-state index contributed by atoms with van der Waals surface area (Å²) in [7, 11) is -3.70. The highest BCUT2D eigenvalue weighted by atomic mass is 31.2. The number of carbonyl (C=O) groups excluding carboxylic acids is 4. The number of hydrogen-bond acceptors (Lipinski definition) is 14. The van der Waals surface area contributed by atoms with Gasteiger partial charge in [-0.1, -0.05) is 71.1 Å². The predicted molar refractivity (Wildman–Crippen MR) is 192 cm³/mol. The lowest BCUT2D eigenvalue weighted by molar-refractivity contribution is -0.161. The van der Waals surface area contributed by atoms with Gasteiger partial charge in [-0.05, 0) is 57.0 Å². The highest BCUT2D eigenvalue weighted by molar-refractivity contribution is 7.47. The molecule has 0 spiro atoms. The summed E-state index contributed by atoms with van der Waals surface area (Å²) in [6, 6.07) is 0. The molecule has 15 nitrogen and oxygen atoms in total. The minimum absolute atomic E-state index is 0.0436. The summed E-state index contributed by atoms with van der Waals surface area (Å²) in [6.45, 7) is 2.55. The number of phosphoric ester groups is 1. The molecule has 0 aromatic carbocycles. The zero-order valence-electron chi connectivity index (χ0n) is 31.5. The van der Waals surface area contributed by atoms with Gasteiger partial charge >= 0.3 is 31.9 Å². The van der Waals surface area contributed by atoms with E-state index in [-0.39, 0.29) is 19.3 Å². The molecule has 0 amide bonds. The van der Waals surface area contributed by atoms with Gasteiger partial charge in [0, 0.05) is 19.5 Å². The van der Waals surface area contributed by atoms with Crippen LogP contribution in [0.2, 0.25) is 0 Å². The minimum atomic E-state index is -4.81. The summed E-state index contributed by atoms with van der Waals surface area (Å²) in [6.07, 6.45) is 13.9. The second-order valence-electron chi connectivity index (χ2n) is 13.8. The van der Waals surface area contributed by atoms with Crippen LogP contribution >= 0.6 is 7.82 Å². The number of nitrogens with one attached hydrogen (secondary N) is 2. The van der Waals surface area contributed by atoms with Gasteiger partial charge < -0.3 is 39.2 Å². The molecule has 52 heavy (non-hydrogen) atoms. The van der Waals surface area contributed by atoms with Crippen molar-refractivity contribution in [2.45, 2.75) is 135 Å². The van der Waals surface area contributed by atoms with E-state index in [2.05, 4.69) is 22.3 Å². The van der Waals surface area contributed by atoms with Crippen molar-refractivity contribution in [3.05, 3.63) is 0 Å². The van der Waals surface area contributed by atoms with Crippen molar-refractivity contribution < 1.29 is 61.4 Å². The van der Waals surface area contributed by atoms with E-state index < -0.39 is 70.5 Å². The van der Waals surface area contributed by atoms with Gasteiger partial charge in [0.05, 0.1) is 33.2 Å². The number of hydrogen-bond donors (Lipinski definition) is 3. The van der Waals surface area contributed by atoms with Gasteiger partial charge in [0.15, 0.2) is 12.2 Å². The molecule has 2 saturated carbocycles. The molecule has 2 aliphatic rings. The number of methoxy groups -OCH3 is 1. The van der Waals surface area contributed by atoms with Crippen molar-refractivity contribution in [3.63, 3.8) is 0 Å². The third kappa shape index (κ3) is 26.5. The first-order chi connectivity index (χ1) is 25.1. The molecule has 302 valence electrons. The second kappa shape index (κ2) is 28.2. The maximum Gasteiger partial charge on any atom is 0.508 e. The third-order valence-electron chi connectivity index (χ3n) is 8.68. The molecule has 0 saturated heterocycles. The van der Waals surface area contributed by atoms with Crippen molar-refractivity contribution in [1.82, 2.24) is 10.6 Å². The third-order valence-corrected chi connectivity index (χ3v) is 9.63. The zero-order valence-corrected chi connectivity index (χ0v) is 32.4. The van der Waals surface area contributed by atoms with E-state index in [0.717, 1.165) is 39.5 Å². The van der Waals surface area contributed by atoms with Gasteiger partial charge in [0.1, 0.15) is 13.2 Å². The van der Waals surface area contributed by atoms with Gasteiger partial charge in [-0.25, -0.2) is 9.36 Å². The largest absolute Gasteiger partial charge is 0.508 e. The van der Waals surface area contributed by atoms with Crippen LogP contribution in [0.1, 0.15) is 122 Å². The normalized spacial score (nSPS) is 16.4. The summed E-state index contributed by atoms with van der Waals surface area (Å²) in [5.74, 6) is -0.401. The van der Waals surface area contributed by atoms with E-state index in [9.17, 15) is 28.6 Å². The lowest BCUT2D eigenvalue weighted by Gasteiger charge is -2.22. The van der Waals surface area contributed by atoms with Crippen LogP contribution in [0.25, 0.3) is 0 Å². The first-order valence-corrected chi connectivity index (χ1v) is 20.9. The topological polar surface area (TPSA) is 194 Å². The van der Waals surface area contributed by atoms with Gasteiger partial charge in [-0.3, -0.25) is 23.4 Å². The smallest absolute Gasteiger partial charge is 0.462 e. The Morgan fingerprint density at radius 1 is 0.635 bits per heavy atom. The monoisotopic (exact) mass is 764 g/mol. The molecular weight excluding hydrogens is 699 g/mol. The van der Waals surface area contributed by atoms with Crippen molar-refractivity contribution in [3.8, 4) is 0 Å². The fourth-order valence-electron chi connectivity index (χ4n) is 5.16. The Kier molecular flexibility index (Phi) is 24.9. The average Bonchev–Trinajstić information content (AvgIpc) is 4.06. The molecule has 2 unspecified atom stereocenters. The SMILES string of the molecule is CCCCCCCCCCCCCC(=O)O[C@H](COC(=O)OC)COP(=O)(O)OCC(COC(=O)CCNCC1CC1)OC(=O)CCNCC1CC1. The number of ether oxygens (including phenoxy) is 5. The Morgan fingerprint density at radius 3 is 1.56 bits per heavy atom. The Bertz CT molecular complexity index is 1060. The van der Waals surface area contributed by atoms with Crippen LogP contribution in [0.15, 0.2) is 0 Å². The first kappa shape index (κ1) is 45.9. The predicted octanol–water partition coefficient (Wildman–Crippen LogP) is 5.75. The molecule has 2 rings (SSSR count). The maximum atomic E-state index is 12.8. The molecule has 3 N–H and O–H groups in total. The lowest BCUT2D eigenvalue weighted by atomic mass is 10.1. The van der Waals surface area contributed by atoms with E-state index in [1.165, 1.54) is 70.6 Å². The Hall–Kier alpha value is -2.29. The molecule has 0 bridgehead atoms. The fourth-order valence-corrected chi connectivity index (χ4v) is 5.95. The molecule has 3 atom stereocenters. The first-order valence-electron chi connectivity index (χ1n) is 19.4. The number of rotatable bonds is 34. The van der Waals surface area contributed by atoms with Crippen molar-refractivity contribution in [2.24, 2.45) is 11.8 Å². The number of carbonyl (C=O) groups is 4. The zero-order chi connectivity index (χ0) is 37.9. The van der Waals surface area contributed by atoms with Crippen LogP contribution in [-0.4, -0.2) is 101 Å². The number of unbranched alkanes of at least 4 members (excludes halogenated alkanes) is 10. The molecule has 16 heteroatoms. The molecule has 2 aliphatic carbocycles. The molecule has 0 radical (unpaired) electrons. The molecule has 0 aromatic rings. The number of phosphoric acid groups is 1. The van der Waals surface area contributed by atoms with Crippen LogP contribution in [0.3, 0.4) is 0 Å². The van der Waals surface area contributed by atoms with Crippen molar-refractivity contribution in [1.29, 1.82) is 0 Å². The van der Waals surface area contributed by atoms with Crippen LogP contribution in [0.5, 0.6) is 0 Å². The maximum absolute atomic E-state index is 12.8. The quantitative estimate of drug-likeness (QED) is 0.0310. The van der Waals surface area contributed by atoms with E-state index in [1.54, 1.807) is 0 Å². The lowest BCUT2D eigenvalue weighted by Crippen LogP contribution is -2.32. The van der Waals surface area contributed by atoms with Crippen LogP contribution in [-0.2, 0) is 51.7 Å². The summed E-state index contributed by atoms with van der Waals surface area (Å²) in [4.78, 5) is 59.2. The van der Waals surface area contributed by atoms with E-state index in [0.29, 0.717) is 31.3 Å². The summed E-state index contributed by atoms with van der Waals surface area (Å²) in [5.41, 5.74) is 0. The highest BCUT2D eigenvalue weighted by Crippen LogP contribution is 2.43. The van der Waals surface area contributed by atoms with E-state index in [1.807, 2.05) is 0 Å². The van der Waals surface area contributed by atoms with Crippen molar-refractivity contribution in [2.75, 3.05) is 59.7 Å². The molecule has 0 aromatic heterocycles. The Balaban J connectivity index is 1.77. The Morgan fingerprint density at radius 2 is 1.08 bits per heavy atom. The summed E-state index contributed by atoms with van der Waals surface area (Å²) in [5, 5.41) is 6.38. The minimum Gasteiger partial charge on any atom is -0.462 e. The van der Waals surface area contributed by atoms with Crippen LogP contribution in [0, 0.1) is 11.8 Å². The van der Waals surface area contributed by atoms with Gasteiger partial charge in [-0.15, -0.1) is 0 Å². The summed E-state index contributed by atoms with van der Waals surface area (Å²) < 4.78 is 48.3.